The Morgan fingerprint density at radius 2 is 1.44 bits per heavy atom. The van der Waals surface area contributed by atoms with Crippen LogP contribution in [-0.2, 0) is 16.0 Å². The maximum atomic E-state index is 13.5. The van der Waals surface area contributed by atoms with E-state index in [4.69, 9.17) is 9.47 Å². The van der Waals surface area contributed by atoms with Gasteiger partial charge in [-0.25, -0.2) is 0 Å². The standard InChI is InChI=1S/C30H28O4/c1-2-33-30(32)18-11-19-34-29-17-10-9-14-23(29)20-28(31)27-21-26(22-12-5-3-6-13-22)24-15-7-4-8-16-25(24)27/h3-10,12-17,21H,2,11,18-20H2,1H3. The van der Waals surface area contributed by atoms with Gasteiger partial charge in [0.05, 0.1) is 13.2 Å². The molecule has 0 bridgehead atoms. The Kier molecular flexibility index (Phi) is 7.71. The van der Waals surface area contributed by atoms with Crippen molar-refractivity contribution >= 4 is 11.8 Å². The number of esters is 1. The van der Waals surface area contributed by atoms with Gasteiger partial charge in [-0.05, 0) is 47.7 Å². The van der Waals surface area contributed by atoms with Gasteiger partial charge in [-0.1, -0.05) is 78.9 Å². The predicted octanol–water partition coefficient (Wildman–Crippen LogP) is 6.61. The lowest BCUT2D eigenvalue weighted by Gasteiger charge is -2.11. The molecule has 34 heavy (non-hydrogen) atoms. The van der Waals surface area contributed by atoms with Crippen LogP contribution in [0.15, 0.2) is 91.0 Å². The highest BCUT2D eigenvalue weighted by molar-refractivity contribution is 6.08. The van der Waals surface area contributed by atoms with Crippen molar-refractivity contribution in [3.8, 4) is 28.0 Å². The lowest BCUT2D eigenvalue weighted by Crippen LogP contribution is -2.09. The predicted molar refractivity (Wildman–Crippen MR) is 134 cm³/mol. The molecule has 2 aromatic carbocycles. The molecule has 0 saturated carbocycles. The minimum Gasteiger partial charge on any atom is -0.493 e. The number of benzene rings is 2. The average molecular weight is 453 g/mol. The zero-order valence-corrected chi connectivity index (χ0v) is 19.3. The van der Waals surface area contributed by atoms with Gasteiger partial charge in [0, 0.05) is 24.0 Å². The Bertz CT molecular complexity index is 1230. The van der Waals surface area contributed by atoms with E-state index in [1.165, 1.54) is 0 Å². The van der Waals surface area contributed by atoms with Gasteiger partial charge >= 0.3 is 5.97 Å². The molecule has 2 aliphatic rings. The lowest BCUT2D eigenvalue weighted by atomic mass is 10.00. The molecule has 2 aliphatic carbocycles. The third-order valence-corrected chi connectivity index (χ3v) is 5.70. The Morgan fingerprint density at radius 1 is 0.765 bits per heavy atom. The summed E-state index contributed by atoms with van der Waals surface area (Å²) in [6, 6.07) is 29.7. The summed E-state index contributed by atoms with van der Waals surface area (Å²) in [5, 5.41) is 0. The maximum absolute atomic E-state index is 13.5. The molecule has 0 fully saturated rings. The highest BCUT2D eigenvalue weighted by atomic mass is 16.5. The minimum absolute atomic E-state index is 0.0426. The van der Waals surface area contributed by atoms with Crippen molar-refractivity contribution in [3.63, 3.8) is 0 Å². The Labute approximate surface area is 200 Å². The van der Waals surface area contributed by atoms with Gasteiger partial charge in [-0.2, -0.15) is 0 Å². The third kappa shape index (κ3) is 5.52. The van der Waals surface area contributed by atoms with Crippen LogP contribution in [0.25, 0.3) is 22.3 Å². The molecule has 172 valence electrons. The van der Waals surface area contributed by atoms with Crippen molar-refractivity contribution in [2.24, 2.45) is 0 Å². The highest BCUT2D eigenvalue weighted by Crippen LogP contribution is 2.39. The summed E-state index contributed by atoms with van der Waals surface area (Å²) in [4.78, 5) is 25.0. The van der Waals surface area contributed by atoms with Gasteiger partial charge in [-0.15, -0.1) is 0 Å². The Balaban J connectivity index is 1.54. The largest absolute Gasteiger partial charge is 0.493 e. The first-order chi connectivity index (χ1) is 16.7. The van der Waals surface area contributed by atoms with Crippen molar-refractivity contribution < 1.29 is 19.1 Å². The van der Waals surface area contributed by atoms with Crippen LogP contribution in [0.1, 0.15) is 35.7 Å². The molecule has 0 atom stereocenters. The average Bonchev–Trinajstić information content (AvgIpc) is 3.04. The first kappa shape index (κ1) is 23.2. The molecule has 0 spiro atoms. The van der Waals surface area contributed by atoms with E-state index >= 15 is 0 Å². The fourth-order valence-corrected chi connectivity index (χ4v) is 4.09. The summed E-state index contributed by atoms with van der Waals surface area (Å²) in [5.74, 6) is 0.491. The van der Waals surface area contributed by atoms with Gasteiger partial charge in [0.2, 0.25) is 0 Å². The van der Waals surface area contributed by atoms with Crippen molar-refractivity contribution in [2.75, 3.05) is 13.2 Å². The quantitative estimate of drug-likeness (QED) is 0.154. The summed E-state index contributed by atoms with van der Waals surface area (Å²) in [7, 11) is 0. The number of rotatable bonds is 10. The SMILES string of the molecule is CCOC(=O)CCCOc1ccccc1CC(=O)c1cc(-c2ccccc2)c2cccccc1-2. The smallest absolute Gasteiger partial charge is 0.305 e. The summed E-state index contributed by atoms with van der Waals surface area (Å²) >= 11 is 0. The van der Waals surface area contributed by atoms with Crippen LogP contribution in [0.3, 0.4) is 0 Å². The molecular formula is C30H28O4. The first-order valence-corrected chi connectivity index (χ1v) is 11.6. The molecule has 4 heteroatoms. The number of hydrogen-bond donors (Lipinski definition) is 0. The second-order valence-electron chi connectivity index (χ2n) is 8.04. The molecule has 0 N–H and O–H groups in total. The fraction of sp³-hybridized carbons (Fsp3) is 0.200. The number of para-hydroxylation sites is 1. The number of ether oxygens (including phenoxy) is 2. The molecule has 0 saturated heterocycles. The number of carbonyl (C=O) groups is 2. The monoisotopic (exact) mass is 452 g/mol. The molecule has 0 unspecified atom stereocenters. The van der Waals surface area contributed by atoms with E-state index in [-0.39, 0.29) is 18.2 Å². The van der Waals surface area contributed by atoms with E-state index in [9.17, 15) is 9.59 Å². The van der Waals surface area contributed by atoms with Gasteiger partial charge in [0.15, 0.2) is 5.78 Å². The zero-order valence-electron chi connectivity index (χ0n) is 19.3. The maximum Gasteiger partial charge on any atom is 0.305 e. The van der Waals surface area contributed by atoms with E-state index in [0.29, 0.717) is 37.4 Å². The molecule has 0 radical (unpaired) electrons. The summed E-state index contributed by atoms with van der Waals surface area (Å²) in [5.41, 5.74) is 5.69. The van der Waals surface area contributed by atoms with E-state index in [2.05, 4.69) is 18.2 Å². The lowest BCUT2D eigenvalue weighted by molar-refractivity contribution is -0.143. The van der Waals surface area contributed by atoms with Crippen LogP contribution in [-0.4, -0.2) is 25.0 Å². The van der Waals surface area contributed by atoms with Crippen molar-refractivity contribution in [1.82, 2.24) is 0 Å². The minimum atomic E-state index is -0.222. The van der Waals surface area contributed by atoms with E-state index < -0.39 is 0 Å². The first-order valence-electron chi connectivity index (χ1n) is 11.6. The van der Waals surface area contributed by atoms with Crippen LogP contribution in [0.2, 0.25) is 0 Å². The molecule has 4 rings (SSSR count). The molecule has 0 amide bonds. The van der Waals surface area contributed by atoms with E-state index in [0.717, 1.165) is 27.8 Å². The number of fused-ring (bicyclic) bond motifs is 1. The summed E-state index contributed by atoms with van der Waals surface area (Å²) in [6.45, 7) is 2.56. The van der Waals surface area contributed by atoms with Crippen LogP contribution >= 0.6 is 0 Å². The topological polar surface area (TPSA) is 52.6 Å². The van der Waals surface area contributed by atoms with E-state index in [1.807, 2.05) is 72.8 Å². The van der Waals surface area contributed by atoms with Crippen molar-refractivity contribution in [2.45, 2.75) is 26.2 Å². The Morgan fingerprint density at radius 3 is 2.21 bits per heavy atom. The number of ketones is 1. The van der Waals surface area contributed by atoms with Gasteiger partial charge in [-0.3, -0.25) is 9.59 Å². The van der Waals surface area contributed by atoms with Crippen molar-refractivity contribution in [3.05, 3.63) is 102 Å². The molecule has 2 aromatic rings. The zero-order chi connectivity index (χ0) is 23.8. The molecular weight excluding hydrogens is 424 g/mol. The van der Waals surface area contributed by atoms with Gasteiger partial charge < -0.3 is 9.47 Å². The highest BCUT2D eigenvalue weighted by Gasteiger charge is 2.21. The fourth-order valence-electron chi connectivity index (χ4n) is 4.09. The molecule has 0 aromatic heterocycles. The van der Waals surface area contributed by atoms with Gasteiger partial charge in [0.25, 0.3) is 0 Å². The van der Waals surface area contributed by atoms with Gasteiger partial charge in [0.1, 0.15) is 5.75 Å². The van der Waals surface area contributed by atoms with Crippen LogP contribution in [0.4, 0.5) is 0 Å². The summed E-state index contributed by atoms with van der Waals surface area (Å²) in [6.07, 6.45) is 1.11. The Hall–Kier alpha value is -3.92. The van der Waals surface area contributed by atoms with E-state index in [1.54, 1.807) is 6.92 Å². The molecule has 0 aliphatic heterocycles. The second kappa shape index (κ2) is 11.3. The second-order valence-corrected chi connectivity index (χ2v) is 8.04. The van der Waals surface area contributed by atoms with Crippen molar-refractivity contribution in [1.29, 1.82) is 0 Å². The van der Waals surface area contributed by atoms with Crippen LogP contribution in [0, 0.1) is 0 Å². The van der Waals surface area contributed by atoms with Crippen LogP contribution in [0.5, 0.6) is 5.75 Å². The normalized spacial score (nSPS) is 10.7. The molecule has 4 nitrogen and oxygen atoms in total. The number of Topliss-reactive ketones (excluding diaryl/α,β-unsaturated/α-hetero) is 1. The summed E-state index contributed by atoms with van der Waals surface area (Å²) < 4.78 is 10.9. The third-order valence-electron chi connectivity index (χ3n) is 5.70. The number of hydrogen-bond acceptors (Lipinski definition) is 4. The molecule has 0 heterocycles. The van der Waals surface area contributed by atoms with Crippen LogP contribution < -0.4 is 4.74 Å². The number of carbonyl (C=O) groups excluding carboxylic acids is 2.